The van der Waals surface area contributed by atoms with E-state index in [-0.39, 0.29) is 0 Å². The van der Waals surface area contributed by atoms with Gasteiger partial charge < -0.3 is 13.3 Å². The highest BCUT2D eigenvalue weighted by molar-refractivity contribution is 7.26. The van der Waals surface area contributed by atoms with E-state index in [4.69, 9.17) is 43.2 Å². The van der Waals surface area contributed by atoms with Crippen LogP contribution in [-0.2, 0) is 0 Å². The van der Waals surface area contributed by atoms with Gasteiger partial charge in [0.05, 0.1) is 34.2 Å². The summed E-state index contributed by atoms with van der Waals surface area (Å²) >= 11 is 5.50. The molecule has 0 fully saturated rings. The minimum atomic E-state index is 0.663. The van der Waals surface area contributed by atoms with Crippen molar-refractivity contribution >= 4 is 160 Å². The lowest BCUT2D eigenvalue weighted by Gasteiger charge is -2.12. The van der Waals surface area contributed by atoms with Crippen LogP contribution in [0.15, 0.2) is 523 Å². The van der Waals surface area contributed by atoms with Crippen molar-refractivity contribution in [2.24, 2.45) is 0 Å². The second-order valence-electron chi connectivity index (χ2n) is 37.6. The van der Waals surface area contributed by atoms with Gasteiger partial charge in [-0.3, -0.25) is 0 Å². The molecule has 702 valence electrons. The average molecular weight is 1970 g/mol. The summed E-state index contributed by atoms with van der Waals surface area (Å²) in [5.74, 6) is 2.03. The predicted molar refractivity (Wildman–Crippen MR) is 628 cm³/mol. The molecule has 0 aliphatic heterocycles. The molecule has 0 unspecified atom stereocenters. The van der Waals surface area contributed by atoms with Gasteiger partial charge in [0.2, 0.25) is 0 Å². The third-order valence-corrected chi connectivity index (χ3v) is 32.1. The molecule has 30 rings (SSSR count). The molecule has 0 aliphatic carbocycles. The van der Waals surface area contributed by atoms with Crippen LogP contribution in [0.1, 0.15) is 0 Å². The van der Waals surface area contributed by atoms with Gasteiger partial charge in [-0.1, -0.05) is 394 Å². The zero-order valence-electron chi connectivity index (χ0n) is 80.6. The van der Waals surface area contributed by atoms with Crippen LogP contribution in [0.2, 0.25) is 0 Å². The Hall–Kier alpha value is -19.1. The first-order valence-corrected chi connectivity index (χ1v) is 52.7. The van der Waals surface area contributed by atoms with Crippen LogP contribution in [0, 0.1) is 0 Å². The molecule has 0 aliphatic rings. The lowest BCUT2D eigenvalue weighted by Crippen LogP contribution is -1.97. The summed E-state index contributed by atoms with van der Waals surface area (Å²) in [5, 5.41) is 13.9. The van der Waals surface area contributed by atoms with Gasteiger partial charge in [0, 0.05) is 160 Å². The molecule has 0 spiro atoms. The number of aromatic nitrogens is 6. The third-order valence-electron chi connectivity index (χ3n) is 28.6. The number of benzene rings is 21. The number of rotatable bonds is 15. The summed E-state index contributed by atoms with van der Waals surface area (Å²) < 4.78 is 27.9. The molecule has 12 heteroatoms. The quantitative estimate of drug-likeness (QED) is 0.0989. The summed E-state index contributed by atoms with van der Waals surface area (Å²) in [6.45, 7) is 0. The Balaban J connectivity index is 0.000000108. The summed E-state index contributed by atoms with van der Waals surface area (Å²) in [6.07, 6.45) is 0. The first-order chi connectivity index (χ1) is 74.3. The Labute approximate surface area is 874 Å². The maximum atomic E-state index is 6.73. The molecule has 0 radical (unpaired) electrons. The topological polar surface area (TPSA) is 117 Å². The van der Waals surface area contributed by atoms with Crippen molar-refractivity contribution in [2.75, 3.05) is 0 Å². The second-order valence-corrected chi connectivity index (χ2v) is 40.9. The normalized spacial score (nSPS) is 11.6. The molecule has 9 heterocycles. The Bertz CT molecular complexity index is 9500. The Kier molecular flexibility index (Phi) is 22.3. The summed E-state index contributed by atoms with van der Waals surface area (Å²) in [4.78, 5) is 31.2. The van der Waals surface area contributed by atoms with E-state index in [1.165, 1.54) is 88.3 Å². The maximum absolute atomic E-state index is 6.73. The average Bonchev–Trinajstić information content (AvgIpc) is 1.58. The molecule has 21 aromatic carbocycles. The molecule has 150 heavy (non-hydrogen) atoms. The van der Waals surface area contributed by atoms with Crippen LogP contribution >= 0.6 is 34.0 Å². The van der Waals surface area contributed by atoms with Crippen molar-refractivity contribution < 1.29 is 13.3 Å². The van der Waals surface area contributed by atoms with Gasteiger partial charge in [-0.2, -0.15) is 0 Å². The van der Waals surface area contributed by atoms with E-state index in [0.29, 0.717) is 17.5 Å². The van der Waals surface area contributed by atoms with Crippen molar-refractivity contribution in [1.29, 1.82) is 0 Å². The number of furan rings is 3. The van der Waals surface area contributed by atoms with Gasteiger partial charge in [-0.05, 0) is 165 Å². The minimum absolute atomic E-state index is 0.663. The maximum Gasteiger partial charge on any atom is 0.161 e. The Morgan fingerprint density at radius 3 is 0.687 bits per heavy atom. The van der Waals surface area contributed by atoms with Crippen molar-refractivity contribution in [2.45, 2.75) is 0 Å². The molecular weight excluding hydrogens is 1890 g/mol. The number of para-hydroxylation sites is 3. The highest BCUT2D eigenvalue weighted by atomic mass is 32.1. The first kappa shape index (κ1) is 88.6. The van der Waals surface area contributed by atoms with Gasteiger partial charge in [-0.25, -0.2) is 29.9 Å². The van der Waals surface area contributed by atoms with Crippen molar-refractivity contribution in [3.8, 4) is 168 Å². The Morgan fingerprint density at radius 1 is 0.133 bits per heavy atom. The summed E-state index contributed by atoms with van der Waals surface area (Å²) in [6, 6.07) is 179. The zero-order chi connectivity index (χ0) is 99.1. The minimum Gasteiger partial charge on any atom is -0.455 e. The number of hydrogen-bond acceptors (Lipinski definition) is 12. The summed E-state index contributed by atoms with van der Waals surface area (Å²) in [7, 11) is 0. The largest absolute Gasteiger partial charge is 0.455 e. The molecule has 9 aromatic heterocycles. The van der Waals surface area contributed by atoms with Crippen LogP contribution < -0.4 is 0 Å². The fraction of sp³-hybridized carbons (Fsp3) is 0. The van der Waals surface area contributed by atoms with Crippen LogP contribution in [0.4, 0.5) is 0 Å². The standard InChI is InChI=1S/3C46H28N2OS/c1-3-11-29(12-4-1)30-19-21-31(22-20-30)39-28-40(48-46(47-39)32-13-5-2-6-14-32)36-25-24-34(45-44(36)37-16-7-9-17-41(37)49-45)33-23-26-43-38(27-33)35-15-8-10-18-42(35)50-43;1-3-11-29(12-4-1)30-19-21-32(22-20-30)46-47-39(31-13-5-2-6-14-31)28-40(48-46)36-25-24-34(45-44(36)37-16-7-9-17-41(37)49-45)33-23-26-43-38(27-33)35-15-8-10-18-42(35)50-43;1-3-11-29(12-4-1)30-19-21-32(22-20-30)40-28-39(31-13-5-2-6-14-31)47-46(48-40)37-25-24-34(45-44(37)36-16-7-9-17-41(36)49-45)33-23-26-43-38(27-33)35-15-8-10-18-42(35)50-43/h3*1-28H. The Morgan fingerprint density at radius 2 is 0.347 bits per heavy atom. The van der Waals surface area contributed by atoms with Crippen LogP contribution in [-0.4, -0.2) is 29.9 Å². The molecule has 0 saturated carbocycles. The molecule has 9 nitrogen and oxygen atoms in total. The number of fused-ring (bicyclic) bond motifs is 18. The number of thiophene rings is 3. The molecule has 0 atom stereocenters. The highest BCUT2D eigenvalue weighted by Crippen LogP contribution is 2.51. The van der Waals surface area contributed by atoms with E-state index < -0.39 is 0 Å². The first-order valence-electron chi connectivity index (χ1n) is 50.2. The van der Waals surface area contributed by atoms with Gasteiger partial charge in [0.1, 0.15) is 33.5 Å². The lowest BCUT2D eigenvalue weighted by atomic mass is 9.95. The van der Waals surface area contributed by atoms with Crippen LogP contribution in [0.25, 0.3) is 295 Å². The van der Waals surface area contributed by atoms with E-state index in [2.05, 4.69) is 425 Å². The highest BCUT2D eigenvalue weighted by Gasteiger charge is 2.27. The van der Waals surface area contributed by atoms with E-state index >= 15 is 0 Å². The molecule has 0 amide bonds. The predicted octanol–water partition coefficient (Wildman–Crippen LogP) is 39.2. The van der Waals surface area contributed by atoms with Gasteiger partial charge in [0.15, 0.2) is 17.5 Å². The number of hydrogen-bond donors (Lipinski definition) is 0. The molecule has 0 saturated heterocycles. The van der Waals surface area contributed by atoms with Crippen molar-refractivity contribution in [1.82, 2.24) is 29.9 Å². The lowest BCUT2D eigenvalue weighted by molar-refractivity contribution is 0.669. The van der Waals surface area contributed by atoms with E-state index in [1.807, 2.05) is 119 Å². The molecule has 0 bridgehead atoms. The third kappa shape index (κ3) is 16.4. The second kappa shape index (κ2) is 37.8. The van der Waals surface area contributed by atoms with Crippen molar-refractivity contribution in [3.05, 3.63) is 510 Å². The fourth-order valence-corrected chi connectivity index (χ4v) is 24.5. The summed E-state index contributed by atoms with van der Waals surface area (Å²) in [5.41, 5.74) is 32.9. The van der Waals surface area contributed by atoms with Gasteiger partial charge >= 0.3 is 0 Å². The molecular formula is C138H84N6O3S3. The van der Waals surface area contributed by atoms with E-state index in [0.717, 1.165) is 189 Å². The van der Waals surface area contributed by atoms with Crippen molar-refractivity contribution in [3.63, 3.8) is 0 Å². The van der Waals surface area contributed by atoms with E-state index in [9.17, 15) is 0 Å². The molecule has 0 N–H and O–H groups in total. The fourth-order valence-electron chi connectivity index (χ4n) is 21.2. The van der Waals surface area contributed by atoms with Crippen LogP contribution in [0.3, 0.4) is 0 Å². The van der Waals surface area contributed by atoms with Gasteiger partial charge in [0.25, 0.3) is 0 Å². The number of nitrogens with zero attached hydrogens (tertiary/aromatic N) is 6. The SMILES string of the molecule is c1ccc(-c2ccc(-c3cc(-c4ccc(-c5ccc6sc7ccccc7c6c5)c5oc6ccccc6c45)nc(-c4ccccc4)n3)cc2)cc1.c1ccc(-c2ccc(-c3cc(-c4ccccc4)nc(-c4ccc(-c5ccc6sc7ccccc7c6c5)c5oc6ccccc6c45)n3)cc2)cc1.c1ccc(-c2ccc(-c3nc(-c4ccccc4)cc(-c4ccc(-c5ccc6sc7ccccc7c6c5)c5oc6ccccc6c45)n3)cc2)cc1. The van der Waals surface area contributed by atoms with Gasteiger partial charge in [-0.15, -0.1) is 34.0 Å². The monoisotopic (exact) mass is 1970 g/mol. The molecule has 30 aromatic rings. The van der Waals surface area contributed by atoms with Crippen LogP contribution in [0.5, 0.6) is 0 Å². The smallest absolute Gasteiger partial charge is 0.161 e. The van der Waals surface area contributed by atoms with E-state index in [1.54, 1.807) is 0 Å². The zero-order valence-corrected chi connectivity index (χ0v) is 83.1.